The standard InChI is InChI=1S/C29H33NO6/c1-19(28(31)21-8-6-5-7-9-21)30(2)29(32)23(22-12-15-25-27(17-22)36-18-35-25)13-10-20-11-14-24(33-3)26(16-20)34-4/h5-9,11-12,14-17,19,23,28,31H,10,13,18H2,1-4H3/t19-,23-,28+/m0/s1. The number of ether oxygens (including phenoxy) is 4. The number of fused-ring (bicyclic) bond motifs is 1. The molecular formula is C29H33NO6. The lowest BCUT2D eigenvalue weighted by Crippen LogP contribution is -2.41. The summed E-state index contributed by atoms with van der Waals surface area (Å²) in [5, 5.41) is 10.9. The quantitative estimate of drug-likeness (QED) is 0.442. The second kappa shape index (κ2) is 11.4. The molecule has 0 aromatic heterocycles. The van der Waals surface area contributed by atoms with E-state index in [1.54, 1.807) is 26.2 Å². The zero-order valence-electron chi connectivity index (χ0n) is 21.1. The Kier molecular flexibility index (Phi) is 8.00. The van der Waals surface area contributed by atoms with Gasteiger partial charge >= 0.3 is 0 Å². The molecule has 1 amide bonds. The molecule has 36 heavy (non-hydrogen) atoms. The Bertz CT molecular complexity index is 1180. The van der Waals surface area contributed by atoms with E-state index in [-0.39, 0.29) is 12.7 Å². The molecule has 0 saturated carbocycles. The Morgan fingerprint density at radius 2 is 1.67 bits per heavy atom. The van der Waals surface area contributed by atoms with E-state index in [0.717, 1.165) is 16.7 Å². The minimum absolute atomic E-state index is 0.0724. The molecule has 1 aliphatic rings. The van der Waals surface area contributed by atoms with Gasteiger partial charge in [0.05, 0.1) is 32.3 Å². The van der Waals surface area contributed by atoms with E-state index in [1.165, 1.54) is 0 Å². The topological polar surface area (TPSA) is 77.5 Å². The minimum Gasteiger partial charge on any atom is -0.493 e. The number of aliphatic hydroxyl groups excluding tert-OH is 1. The summed E-state index contributed by atoms with van der Waals surface area (Å²) in [6, 6.07) is 20.4. The second-order valence-corrected chi connectivity index (χ2v) is 8.94. The van der Waals surface area contributed by atoms with Crippen molar-refractivity contribution in [2.45, 2.75) is 37.8 Å². The van der Waals surface area contributed by atoms with Crippen LogP contribution in [0.15, 0.2) is 66.7 Å². The van der Waals surface area contributed by atoms with Crippen molar-refractivity contribution >= 4 is 5.91 Å². The molecule has 4 rings (SSSR count). The molecule has 0 aliphatic carbocycles. The monoisotopic (exact) mass is 491 g/mol. The third-order valence-electron chi connectivity index (χ3n) is 6.82. The third kappa shape index (κ3) is 5.41. The molecule has 3 atom stereocenters. The van der Waals surface area contributed by atoms with Gasteiger partial charge in [-0.3, -0.25) is 4.79 Å². The summed E-state index contributed by atoms with van der Waals surface area (Å²) in [5.41, 5.74) is 2.65. The first kappa shape index (κ1) is 25.4. The molecule has 3 aromatic carbocycles. The van der Waals surface area contributed by atoms with E-state index in [2.05, 4.69) is 0 Å². The lowest BCUT2D eigenvalue weighted by atomic mass is 9.89. The number of benzene rings is 3. The number of hydrogen-bond donors (Lipinski definition) is 1. The SMILES string of the molecule is COc1ccc(CC[C@H](C(=O)N(C)[C@@H](C)[C@@H](O)c2ccccc2)c2ccc3c(c2)OCO3)cc1OC. The highest BCUT2D eigenvalue weighted by molar-refractivity contribution is 5.84. The van der Waals surface area contributed by atoms with Crippen molar-refractivity contribution in [3.05, 3.63) is 83.4 Å². The number of nitrogens with zero attached hydrogens (tertiary/aromatic N) is 1. The van der Waals surface area contributed by atoms with Gasteiger partial charge < -0.3 is 29.0 Å². The number of hydrogen-bond acceptors (Lipinski definition) is 6. The van der Waals surface area contributed by atoms with Crippen LogP contribution in [0.5, 0.6) is 23.0 Å². The van der Waals surface area contributed by atoms with Crippen LogP contribution in [-0.2, 0) is 11.2 Å². The predicted molar refractivity (Wildman–Crippen MR) is 137 cm³/mol. The minimum atomic E-state index is -0.802. The Hall–Kier alpha value is -3.71. The maximum absolute atomic E-state index is 13.9. The maximum atomic E-state index is 13.9. The van der Waals surface area contributed by atoms with Crippen molar-refractivity contribution < 1.29 is 28.8 Å². The molecule has 3 aromatic rings. The fourth-order valence-electron chi connectivity index (χ4n) is 4.50. The van der Waals surface area contributed by atoms with Crippen LogP contribution in [0, 0.1) is 0 Å². The van der Waals surface area contributed by atoms with Gasteiger partial charge in [0.25, 0.3) is 0 Å². The number of likely N-dealkylation sites (N-methyl/N-ethyl adjacent to an activating group) is 1. The number of carbonyl (C=O) groups is 1. The molecule has 1 heterocycles. The molecule has 0 saturated heterocycles. The first-order chi connectivity index (χ1) is 17.4. The summed E-state index contributed by atoms with van der Waals surface area (Å²) < 4.78 is 21.8. The van der Waals surface area contributed by atoms with Gasteiger partial charge in [-0.2, -0.15) is 0 Å². The normalized spacial score (nSPS) is 14.6. The van der Waals surface area contributed by atoms with E-state index in [9.17, 15) is 9.90 Å². The summed E-state index contributed by atoms with van der Waals surface area (Å²) in [4.78, 5) is 15.5. The van der Waals surface area contributed by atoms with Crippen LogP contribution in [0.3, 0.4) is 0 Å². The van der Waals surface area contributed by atoms with Crippen LogP contribution in [-0.4, -0.2) is 50.0 Å². The second-order valence-electron chi connectivity index (χ2n) is 8.94. The Balaban J connectivity index is 1.58. The fourth-order valence-corrected chi connectivity index (χ4v) is 4.50. The van der Waals surface area contributed by atoms with Crippen LogP contribution in [0.25, 0.3) is 0 Å². The van der Waals surface area contributed by atoms with Crippen molar-refractivity contribution in [2.75, 3.05) is 28.1 Å². The van der Waals surface area contributed by atoms with E-state index in [4.69, 9.17) is 18.9 Å². The molecule has 0 spiro atoms. The molecule has 0 unspecified atom stereocenters. The Labute approximate surface area is 212 Å². The summed E-state index contributed by atoms with van der Waals surface area (Å²) in [5.74, 6) is 2.10. The number of aryl methyl sites for hydroxylation is 1. The van der Waals surface area contributed by atoms with E-state index >= 15 is 0 Å². The first-order valence-corrected chi connectivity index (χ1v) is 12.0. The van der Waals surface area contributed by atoms with Gasteiger partial charge in [0.2, 0.25) is 12.7 Å². The van der Waals surface area contributed by atoms with Crippen molar-refractivity contribution in [1.29, 1.82) is 0 Å². The highest BCUT2D eigenvalue weighted by Gasteiger charge is 2.31. The summed E-state index contributed by atoms with van der Waals surface area (Å²) in [7, 11) is 4.96. The molecule has 190 valence electrons. The van der Waals surface area contributed by atoms with Crippen LogP contribution >= 0.6 is 0 Å². The lowest BCUT2D eigenvalue weighted by molar-refractivity contribution is -0.135. The largest absolute Gasteiger partial charge is 0.493 e. The number of rotatable bonds is 10. The van der Waals surface area contributed by atoms with Gasteiger partial charge in [0.15, 0.2) is 23.0 Å². The molecule has 0 radical (unpaired) electrons. The molecule has 7 nitrogen and oxygen atoms in total. The van der Waals surface area contributed by atoms with Gasteiger partial charge in [0, 0.05) is 7.05 Å². The van der Waals surface area contributed by atoms with E-state index in [1.807, 2.05) is 73.7 Å². The molecule has 7 heteroatoms. The Morgan fingerprint density at radius 1 is 0.944 bits per heavy atom. The summed E-state index contributed by atoms with van der Waals surface area (Å²) in [6.45, 7) is 2.03. The van der Waals surface area contributed by atoms with Crippen molar-refractivity contribution in [1.82, 2.24) is 4.90 Å². The molecule has 1 N–H and O–H groups in total. The van der Waals surface area contributed by atoms with Crippen LogP contribution < -0.4 is 18.9 Å². The number of methoxy groups -OCH3 is 2. The third-order valence-corrected chi connectivity index (χ3v) is 6.82. The van der Waals surface area contributed by atoms with Crippen molar-refractivity contribution in [3.63, 3.8) is 0 Å². The molecule has 0 fully saturated rings. The van der Waals surface area contributed by atoms with Crippen molar-refractivity contribution in [3.8, 4) is 23.0 Å². The molecule has 1 aliphatic heterocycles. The van der Waals surface area contributed by atoms with Gasteiger partial charge in [-0.15, -0.1) is 0 Å². The number of carbonyl (C=O) groups excluding carboxylic acids is 1. The maximum Gasteiger partial charge on any atom is 0.231 e. The average molecular weight is 492 g/mol. The highest BCUT2D eigenvalue weighted by atomic mass is 16.7. The van der Waals surface area contributed by atoms with Gasteiger partial charge in [0.1, 0.15) is 0 Å². The summed E-state index contributed by atoms with van der Waals surface area (Å²) >= 11 is 0. The molecule has 0 bridgehead atoms. The zero-order valence-corrected chi connectivity index (χ0v) is 21.1. The lowest BCUT2D eigenvalue weighted by Gasteiger charge is -2.32. The predicted octanol–water partition coefficient (Wildman–Crippen LogP) is 4.73. The zero-order chi connectivity index (χ0) is 25.7. The fraction of sp³-hybridized carbons (Fsp3) is 0.345. The smallest absolute Gasteiger partial charge is 0.231 e. The first-order valence-electron chi connectivity index (χ1n) is 12.0. The number of aliphatic hydroxyl groups is 1. The average Bonchev–Trinajstić information content (AvgIpc) is 3.40. The number of amides is 1. The van der Waals surface area contributed by atoms with E-state index in [0.29, 0.717) is 35.8 Å². The van der Waals surface area contributed by atoms with Crippen molar-refractivity contribution in [2.24, 2.45) is 0 Å². The van der Waals surface area contributed by atoms with Gasteiger partial charge in [-0.1, -0.05) is 42.5 Å². The van der Waals surface area contributed by atoms with Crippen LogP contribution in [0.2, 0.25) is 0 Å². The van der Waals surface area contributed by atoms with Crippen LogP contribution in [0.1, 0.15) is 42.1 Å². The summed E-state index contributed by atoms with van der Waals surface area (Å²) in [6.07, 6.45) is 0.407. The van der Waals surface area contributed by atoms with Crippen LogP contribution in [0.4, 0.5) is 0 Å². The highest BCUT2D eigenvalue weighted by Crippen LogP contribution is 2.37. The Morgan fingerprint density at radius 3 is 2.39 bits per heavy atom. The molecular weight excluding hydrogens is 458 g/mol. The van der Waals surface area contributed by atoms with E-state index < -0.39 is 18.1 Å². The van der Waals surface area contributed by atoms with Gasteiger partial charge in [-0.05, 0) is 60.7 Å². The van der Waals surface area contributed by atoms with Gasteiger partial charge in [-0.25, -0.2) is 0 Å².